The molecular weight excluding hydrogens is 328 g/mol. The van der Waals surface area contributed by atoms with Crippen molar-refractivity contribution in [3.05, 3.63) is 35.9 Å². The van der Waals surface area contributed by atoms with Crippen LogP contribution in [0.4, 0.5) is 4.79 Å². The molecule has 0 aromatic heterocycles. The maximum Gasteiger partial charge on any atom is 0.407 e. The first-order chi connectivity index (χ1) is 12.6. The number of amides is 2. The number of ether oxygens (including phenoxy) is 1. The number of fused-ring (bicyclic) bond motifs is 1. The molecule has 3 fully saturated rings. The van der Waals surface area contributed by atoms with Gasteiger partial charge in [-0.2, -0.15) is 0 Å². The van der Waals surface area contributed by atoms with Crippen molar-refractivity contribution in [3.63, 3.8) is 0 Å². The Morgan fingerprint density at radius 2 is 2.04 bits per heavy atom. The van der Waals surface area contributed by atoms with Gasteiger partial charge in [0.25, 0.3) is 0 Å². The lowest BCUT2D eigenvalue weighted by Gasteiger charge is -2.40. The van der Waals surface area contributed by atoms with E-state index >= 15 is 0 Å². The summed E-state index contributed by atoms with van der Waals surface area (Å²) in [5.41, 5.74) is 1.76. The smallest absolute Gasteiger partial charge is 0.407 e. The third-order valence-electron chi connectivity index (χ3n) is 6.41. The molecule has 1 heterocycles. The fourth-order valence-electron chi connectivity index (χ4n) is 4.68. The summed E-state index contributed by atoms with van der Waals surface area (Å²) in [6, 6.07) is 10.8. The minimum Gasteiger partial charge on any atom is -0.450 e. The molecule has 26 heavy (non-hydrogen) atoms. The Kier molecular flexibility index (Phi) is 4.63. The van der Waals surface area contributed by atoms with Crippen molar-refractivity contribution < 1.29 is 14.3 Å². The van der Waals surface area contributed by atoms with Crippen molar-refractivity contribution >= 4 is 12.0 Å². The van der Waals surface area contributed by atoms with Gasteiger partial charge in [0.1, 0.15) is 0 Å². The number of carbonyl (C=O) groups excluding carboxylic acids is 2. The van der Waals surface area contributed by atoms with Crippen LogP contribution in [0.3, 0.4) is 0 Å². The summed E-state index contributed by atoms with van der Waals surface area (Å²) in [7, 11) is 0. The van der Waals surface area contributed by atoms with Crippen molar-refractivity contribution in [2.24, 2.45) is 11.8 Å². The van der Waals surface area contributed by atoms with Gasteiger partial charge in [0.2, 0.25) is 5.91 Å². The van der Waals surface area contributed by atoms with Crippen LogP contribution in [-0.2, 0) is 14.9 Å². The van der Waals surface area contributed by atoms with Crippen LogP contribution in [-0.4, -0.2) is 42.6 Å². The molecule has 0 radical (unpaired) electrons. The second kappa shape index (κ2) is 6.93. The van der Waals surface area contributed by atoms with Crippen LogP contribution in [0.15, 0.2) is 30.3 Å². The molecule has 1 aromatic carbocycles. The maximum absolute atomic E-state index is 12.8. The van der Waals surface area contributed by atoms with Gasteiger partial charge in [0.15, 0.2) is 0 Å². The zero-order valence-corrected chi connectivity index (χ0v) is 15.4. The Labute approximate surface area is 155 Å². The Morgan fingerprint density at radius 3 is 2.73 bits per heavy atom. The fraction of sp³-hybridized carbons (Fsp3) is 0.619. The van der Waals surface area contributed by atoms with E-state index in [-0.39, 0.29) is 24.0 Å². The van der Waals surface area contributed by atoms with Crippen LogP contribution < -0.4 is 5.32 Å². The molecule has 2 aliphatic carbocycles. The molecule has 2 amide bonds. The first kappa shape index (κ1) is 17.4. The van der Waals surface area contributed by atoms with Gasteiger partial charge >= 0.3 is 6.09 Å². The number of hydrogen-bond acceptors (Lipinski definition) is 3. The van der Waals surface area contributed by atoms with Gasteiger partial charge in [-0.05, 0) is 43.6 Å². The van der Waals surface area contributed by atoms with Crippen LogP contribution in [0.2, 0.25) is 0 Å². The van der Waals surface area contributed by atoms with Gasteiger partial charge in [0.05, 0.1) is 6.61 Å². The second-order valence-electron chi connectivity index (χ2n) is 8.10. The maximum atomic E-state index is 12.8. The van der Waals surface area contributed by atoms with E-state index in [9.17, 15) is 9.59 Å². The van der Waals surface area contributed by atoms with Gasteiger partial charge in [-0.1, -0.05) is 37.3 Å². The van der Waals surface area contributed by atoms with Gasteiger partial charge in [-0.15, -0.1) is 0 Å². The van der Waals surface area contributed by atoms with E-state index in [1.54, 1.807) is 0 Å². The van der Waals surface area contributed by atoms with Crippen LogP contribution in [0, 0.1) is 11.8 Å². The van der Waals surface area contributed by atoms with Crippen LogP contribution in [0.1, 0.15) is 44.6 Å². The zero-order chi connectivity index (χ0) is 18.1. The topological polar surface area (TPSA) is 58.6 Å². The third kappa shape index (κ3) is 3.19. The van der Waals surface area contributed by atoms with Crippen molar-refractivity contribution in [1.29, 1.82) is 0 Å². The first-order valence-corrected chi connectivity index (χ1v) is 9.90. The lowest BCUT2D eigenvalue weighted by molar-refractivity contribution is -0.140. The average molecular weight is 356 g/mol. The van der Waals surface area contributed by atoms with E-state index in [1.165, 1.54) is 12.0 Å². The molecule has 1 saturated heterocycles. The Morgan fingerprint density at radius 1 is 1.27 bits per heavy atom. The predicted molar refractivity (Wildman–Crippen MR) is 98.7 cm³/mol. The molecule has 0 bridgehead atoms. The van der Waals surface area contributed by atoms with E-state index in [1.807, 2.05) is 6.92 Å². The normalized spacial score (nSPS) is 32.2. The summed E-state index contributed by atoms with van der Waals surface area (Å²) in [6.07, 6.45) is 4.23. The molecule has 1 N–H and O–H groups in total. The highest BCUT2D eigenvalue weighted by molar-refractivity contribution is 5.80. The zero-order valence-electron chi connectivity index (χ0n) is 15.4. The lowest BCUT2D eigenvalue weighted by Crippen LogP contribution is -2.52. The van der Waals surface area contributed by atoms with Crippen molar-refractivity contribution in [3.8, 4) is 0 Å². The number of nitrogens with one attached hydrogen (secondary N) is 1. The minimum atomic E-state index is -0.355. The molecular formula is C21H28N2O3. The Balaban J connectivity index is 1.24. The highest BCUT2D eigenvalue weighted by Crippen LogP contribution is 2.59. The molecule has 4 rings (SSSR count). The molecule has 0 spiro atoms. The van der Waals surface area contributed by atoms with E-state index in [4.69, 9.17) is 4.74 Å². The molecule has 2 saturated carbocycles. The van der Waals surface area contributed by atoms with Gasteiger partial charge in [-0.3, -0.25) is 4.79 Å². The van der Waals surface area contributed by atoms with E-state index in [0.717, 1.165) is 38.8 Å². The Bertz CT molecular complexity index is 671. The van der Waals surface area contributed by atoms with Gasteiger partial charge < -0.3 is 15.0 Å². The van der Waals surface area contributed by atoms with E-state index in [0.29, 0.717) is 17.9 Å². The largest absolute Gasteiger partial charge is 0.450 e. The van der Waals surface area contributed by atoms with Gasteiger partial charge in [0, 0.05) is 30.5 Å². The predicted octanol–water partition coefficient (Wildman–Crippen LogP) is 3.09. The minimum absolute atomic E-state index is 0.0643. The van der Waals surface area contributed by atoms with Crippen LogP contribution in [0.25, 0.3) is 0 Å². The summed E-state index contributed by atoms with van der Waals surface area (Å²) in [5.74, 6) is 0.952. The number of hydrogen-bond donors (Lipinski definition) is 1. The first-order valence-electron chi connectivity index (χ1n) is 9.90. The number of rotatable bonds is 5. The van der Waals surface area contributed by atoms with Crippen molar-refractivity contribution in [2.45, 2.75) is 50.5 Å². The van der Waals surface area contributed by atoms with Crippen molar-refractivity contribution in [1.82, 2.24) is 10.2 Å². The van der Waals surface area contributed by atoms with E-state index < -0.39 is 0 Å². The third-order valence-corrected chi connectivity index (χ3v) is 6.41. The quantitative estimate of drug-likeness (QED) is 0.882. The van der Waals surface area contributed by atoms with Crippen molar-refractivity contribution in [2.75, 3.05) is 19.7 Å². The molecule has 5 nitrogen and oxygen atoms in total. The molecule has 2 atom stereocenters. The molecule has 1 aromatic rings. The summed E-state index contributed by atoms with van der Waals surface area (Å²) < 4.78 is 5.04. The summed E-state index contributed by atoms with van der Waals surface area (Å²) in [5, 5.41) is 2.85. The Hall–Kier alpha value is -2.04. The van der Waals surface area contributed by atoms with Crippen LogP contribution >= 0.6 is 0 Å². The molecule has 5 heteroatoms. The van der Waals surface area contributed by atoms with E-state index in [2.05, 4.69) is 40.5 Å². The standard InChI is InChI=1S/C21H28N2O3/c1-2-10-26-20(25)22-18-11-15(12-18)19(24)23-9-8-21(13-17(21)14-23)16-6-4-3-5-7-16/h3-7,15,17-18H,2,8-14H2,1H3,(H,22,25). The average Bonchev–Trinajstić information content (AvgIpc) is 3.38. The second-order valence-corrected chi connectivity index (χ2v) is 8.10. The number of benzene rings is 1. The monoisotopic (exact) mass is 356 g/mol. The number of carbonyl (C=O) groups is 2. The SMILES string of the molecule is CCCOC(=O)NC1CC(C(=O)N2CCC3(c4ccccc4)CC3C2)C1. The number of likely N-dealkylation sites (tertiary alicyclic amines) is 1. The number of nitrogens with zero attached hydrogens (tertiary/aromatic N) is 1. The lowest BCUT2D eigenvalue weighted by atomic mass is 9.78. The summed E-state index contributed by atoms with van der Waals surface area (Å²) in [4.78, 5) is 26.4. The fourth-order valence-corrected chi connectivity index (χ4v) is 4.68. The highest BCUT2D eigenvalue weighted by Gasteiger charge is 2.58. The van der Waals surface area contributed by atoms with Crippen LogP contribution in [0.5, 0.6) is 0 Å². The highest BCUT2D eigenvalue weighted by atomic mass is 16.5. The number of piperidine rings is 1. The van der Waals surface area contributed by atoms with Gasteiger partial charge in [-0.25, -0.2) is 4.79 Å². The molecule has 1 aliphatic heterocycles. The summed E-state index contributed by atoms with van der Waals surface area (Å²) in [6.45, 7) is 4.16. The molecule has 140 valence electrons. The molecule has 3 aliphatic rings. The summed E-state index contributed by atoms with van der Waals surface area (Å²) >= 11 is 0. The number of alkyl carbamates (subject to hydrolysis) is 1. The molecule has 2 unspecified atom stereocenters.